The molecule has 0 amide bonds. The van der Waals surface area contributed by atoms with Gasteiger partial charge in [0, 0.05) is 0 Å². The van der Waals surface area contributed by atoms with Crippen molar-refractivity contribution in [1.82, 2.24) is 0 Å². The van der Waals surface area contributed by atoms with Crippen LogP contribution in [0.1, 0.15) is 40.0 Å². The van der Waals surface area contributed by atoms with E-state index < -0.39 is 6.61 Å². The fourth-order valence-corrected chi connectivity index (χ4v) is 2.24. The molecule has 0 radical (unpaired) electrons. The van der Waals surface area contributed by atoms with Gasteiger partial charge in [0.05, 0.1) is 0 Å². The molecular weight excluding hydrogens is 188 g/mol. The van der Waals surface area contributed by atoms with E-state index in [2.05, 4.69) is 20.8 Å². The van der Waals surface area contributed by atoms with Crippen LogP contribution in [0.2, 0.25) is 0 Å². The molecule has 0 heterocycles. The number of aliphatic hydroxyl groups is 1. The average molecular weight is 208 g/mol. The van der Waals surface area contributed by atoms with Crippen molar-refractivity contribution in [3.05, 3.63) is 23.3 Å². The SMILES string of the molecule is CC1=C(C=CC(=O)CO)C(C)(C)CCC1. The Balaban J connectivity index is 2.90. The van der Waals surface area contributed by atoms with Gasteiger partial charge >= 0.3 is 0 Å². The predicted molar refractivity (Wildman–Crippen MR) is 61.6 cm³/mol. The van der Waals surface area contributed by atoms with Crippen LogP contribution in [0.4, 0.5) is 0 Å². The van der Waals surface area contributed by atoms with Crippen LogP contribution in [0, 0.1) is 5.41 Å². The zero-order valence-corrected chi connectivity index (χ0v) is 9.84. The van der Waals surface area contributed by atoms with E-state index in [0.29, 0.717) is 0 Å². The highest BCUT2D eigenvalue weighted by Crippen LogP contribution is 2.40. The Morgan fingerprint density at radius 2 is 2.20 bits per heavy atom. The maximum atomic E-state index is 11.0. The molecule has 84 valence electrons. The van der Waals surface area contributed by atoms with E-state index in [1.54, 1.807) is 0 Å². The summed E-state index contributed by atoms with van der Waals surface area (Å²) < 4.78 is 0. The average Bonchev–Trinajstić information content (AvgIpc) is 2.15. The molecule has 2 heteroatoms. The van der Waals surface area contributed by atoms with Crippen LogP contribution in [0.25, 0.3) is 0 Å². The maximum absolute atomic E-state index is 11.0. The van der Waals surface area contributed by atoms with E-state index in [4.69, 9.17) is 5.11 Å². The van der Waals surface area contributed by atoms with Gasteiger partial charge in [0.1, 0.15) is 6.61 Å². The summed E-state index contributed by atoms with van der Waals surface area (Å²) in [6.07, 6.45) is 6.89. The second-order valence-corrected chi connectivity index (χ2v) is 4.89. The van der Waals surface area contributed by atoms with E-state index in [9.17, 15) is 4.79 Å². The minimum absolute atomic E-state index is 0.161. The van der Waals surface area contributed by atoms with Crippen molar-refractivity contribution in [2.45, 2.75) is 40.0 Å². The molecule has 1 aliphatic rings. The molecule has 0 aliphatic heterocycles. The lowest BCUT2D eigenvalue weighted by molar-refractivity contribution is -0.117. The minimum atomic E-state index is -0.400. The molecule has 0 aromatic rings. The Labute approximate surface area is 91.7 Å². The first kappa shape index (κ1) is 12.2. The Kier molecular flexibility index (Phi) is 3.86. The Bertz CT molecular complexity index is 308. The molecule has 0 atom stereocenters. The minimum Gasteiger partial charge on any atom is -0.388 e. The van der Waals surface area contributed by atoms with Gasteiger partial charge in [-0.25, -0.2) is 0 Å². The van der Waals surface area contributed by atoms with Crippen molar-refractivity contribution in [3.63, 3.8) is 0 Å². The fraction of sp³-hybridized carbons (Fsp3) is 0.615. The van der Waals surface area contributed by atoms with Crippen molar-refractivity contribution in [1.29, 1.82) is 0 Å². The number of allylic oxidation sites excluding steroid dienone is 3. The highest BCUT2D eigenvalue weighted by atomic mass is 16.3. The van der Waals surface area contributed by atoms with Crippen molar-refractivity contribution in [2.75, 3.05) is 6.61 Å². The number of hydrogen-bond acceptors (Lipinski definition) is 2. The van der Waals surface area contributed by atoms with E-state index in [1.807, 2.05) is 6.08 Å². The molecule has 0 saturated carbocycles. The second-order valence-electron chi connectivity index (χ2n) is 4.89. The number of ketones is 1. The largest absolute Gasteiger partial charge is 0.388 e. The third-order valence-electron chi connectivity index (χ3n) is 3.13. The van der Waals surface area contributed by atoms with E-state index in [0.717, 1.165) is 12.8 Å². The highest BCUT2D eigenvalue weighted by Gasteiger charge is 2.26. The monoisotopic (exact) mass is 208 g/mol. The van der Waals surface area contributed by atoms with Gasteiger partial charge < -0.3 is 5.11 Å². The first-order chi connectivity index (χ1) is 6.97. The molecule has 0 spiro atoms. The van der Waals surface area contributed by atoms with Gasteiger partial charge in [0.15, 0.2) is 5.78 Å². The third-order valence-corrected chi connectivity index (χ3v) is 3.13. The smallest absolute Gasteiger partial charge is 0.181 e. The first-order valence-electron chi connectivity index (χ1n) is 5.49. The third kappa shape index (κ3) is 3.03. The molecule has 1 N–H and O–H groups in total. The summed E-state index contributed by atoms with van der Waals surface area (Å²) in [6.45, 7) is 6.14. The van der Waals surface area contributed by atoms with E-state index >= 15 is 0 Å². The lowest BCUT2D eigenvalue weighted by Crippen LogP contribution is -2.19. The fourth-order valence-electron chi connectivity index (χ4n) is 2.24. The van der Waals surface area contributed by atoms with Gasteiger partial charge in [-0.2, -0.15) is 0 Å². The molecule has 0 aromatic heterocycles. The van der Waals surface area contributed by atoms with Crippen LogP contribution >= 0.6 is 0 Å². The van der Waals surface area contributed by atoms with Gasteiger partial charge in [-0.3, -0.25) is 4.79 Å². The molecular formula is C13H20O2. The van der Waals surface area contributed by atoms with Gasteiger partial charge in [0.25, 0.3) is 0 Å². The number of carbonyl (C=O) groups is 1. The molecule has 0 unspecified atom stereocenters. The van der Waals surface area contributed by atoms with Crippen LogP contribution in [0.15, 0.2) is 23.3 Å². The van der Waals surface area contributed by atoms with Crippen molar-refractivity contribution < 1.29 is 9.90 Å². The normalized spacial score (nSPS) is 21.1. The van der Waals surface area contributed by atoms with Gasteiger partial charge in [-0.1, -0.05) is 25.5 Å². The van der Waals surface area contributed by atoms with Crippen LogP contribution in [-0.2, 0) is 4.79 Å². The summed E-state index contributed by atoms with van der Waals surface area (Å²) in [7, 11) is 0. The zero-order chi connectivity index (χ0) is 11.5. The summed E-state index contributed by atoms with van der Waals surface area (Å²) in [6, 6.07) is 0. The molecule has 1 rings (SSSR count). The number of aliphatic hydroxyl groups excluding tert-OH is 1. The molecule has 2 nitrogen and oxygen atoms in total. The van der Waals surface area contributed by atoms with Crippen molar-refractivity contribution >= 4 is 5.78 Å². The van der Waals surface area contributed by atoms with Crippen LogP contribution in [0.3, 0.4) is 0 Å². The molecule has 0 bridgehead atoms. The molecule has 15 heavy (non-hydrogen) atoms. The van der Waals surface area contributed by atoms with E-state index in [1.165, 1.54) is 23.6 Å². The lowest BCUT2D eigenvalue weighted by Gasteiger charge is -2.32. The predicted octanol–water partition coefficient (Wildman–Crippen LogP) is 2.63. The van der Waals surface area contributed by atoms with Crippen LogP contribution in [-0.4, -0.2) is 17.5 Å². The number of hydrogen-bond donors (Lipinski definition) is 1. The first-order valence-corrected chi connectivity index (χ1v) is 5.49. The molecule has 1 aliphatic carbocycles. The standard InChI is InChI=1S/C13H20O2/c1-10-5-4-8-13(2,3)12(10)7-6-11(15)9-14/h6-7,14H,4-5,8-9H2,1-3H3. The highest BCUT2D eigenvalue weighted by molar-refractivity contribution is 5.91. The van der Waals surface area contributed by atoms with Crippen molar-refractivity contribution in [2.24, 2.45) is 5.41 Å². The second kappa shape index (κ2) is 4.75. The quantitative estimate of drug-likeness (QED) is 0.724. The summed E-state index contributed by atoms with van der Waals surface area (Å²) >= 11 is 0. The van der Waals surface area contributed by atoms with Crippen LogP contribution in [0.5, 0.6) is 0 Å². The topological polar surface area (TPSA) is 37.3 Å². The number of carbonyl (C=O) groups excluding carboxylic acids is 1. The Hall–Kier alpha value is -0.890. The van der Waals surface area contributed by atoms with Gasteiger partial charge in [0.2, 0.25) is 0 Å². The van der Waals surface area contributed by atoms with Gasteiger partial charge in [-0.15, -0.1) is 0 Å². The summed E-state index contributed by atoms with van der Waals surface area (Å²) in [5.74, 6) is -0.225. The number of rotatable bonds is 3. The Morgan fingerprint density at radius 1 is 1.53 bits per heavy atom. The summed E-state index contributed by atoms with van der Waals surface area (Å²) in [5.41, 5.74) is 2.79. The zero-order valence-electron chi connectivity index (χ0n) is 9.84. The van der Waals surface area contributed by atoms with Crippen molar-refractivity contribution in [3.8, 4) is 0 Å². The summed E-state index contributed by atoms with van der Waals surface area (Å²) in [5, 5.41) is 8.64. The molecule has 0 saturated heterocycles. The molecule has 0 aromatic carbocycles. The maximum Gasteiger partial charge on any atom is 0.181 e. The van der Waals surface area contributed by atoms with Gasteiger partial charge in [-0.05, 0) is 43.3 Å². The summed E-state index contributed by atoms with van der Waals surface area (Å²) in [4.78, 5) is 11.0. The lowest BCUT2D eigenvalue weighted by atomic mass is 9.72. The van der Waals surface area contributed by atoms with Crippen LogP contribution < -0.4 is 0 Å². The molecule has 0 fully saturated rings. The Morgan fingerprint density at radius 3 is 2.73 bits per heavy atom. The van der Waals surface area contributed by atoms with E-state index in [-0.39, 0.29) is 11.2 Å².